The van der Waals surface area contributed by atoms with Crippen LogP contribution >= 0.6 is 54.5 Å². The maximum atomic E-state index is 13.2. The Kier molecular flexibility index (Phi) is 6.43. The molecule has 1 aliphatic rings. The highest BCUT2D eigenvalue weighted by Crippen LogP contribution is 2.28. The molecule has 0 unspecified atom stereocenters. The van der Waals surface area contributed by atoms with E-state index in [2.05, 4.69) is 73.2 Å². The number of carbonyl (C=O) groups excluding carboxylic acids is 1. The Bertz CT molecular complexity index is 987. The fraction of sp³-hybridized carbons (Fsp3) is 0.136. The smallest absolute Gasteiger partial charge is 0.187 e. The van der Waals surface area contributed by atoms with Crippen LogP contribution in [0.1, 0.15) is 15.3 Å². The SMILES string of the molecule is O=C1C(=Cc2cc(Br)cs2)CN(Cc2ccccc2)CC1=Cc1cc(Br)cs1. The van der Waals surface area contributed by atoms with Gasteiger partial charge in [0.05, 0.1) is 0 Å². The molecule has 1 fully saturated rings. The van der Waals surface area contributed by atoms with Crippen LogP contribution < -0.4 is 0 Å². The third-order valence-corrected chi connectivity index (χ3v) is 7.71. The summed E-state index contributed by atoms with van der Waals surface area (Å²) in [6.45, 7) is 2.15. The van der Waals surface area contributed by atoms with Crippen molar-refractivity contribution < 1.29 is 4.79 Å². The van der Waals surface area contributed by atoms with Crippen molar-refractivity contribution in [1.82, 2.24) is 4.90 Å². The molecule has 3 aromatic rings. The second-order valence-corrected chi connectivity index (χ2v) is 10.4. The van der Waals surface area contributed by atoms with E-state index in [1.165, 1.54) is 5.56 Å². The normalized spacial score (nSPS) is 18.3. The second kappa shape index (κ2) is 9.01. The first kappa shape index (κ1) is 20.0. The van der Waals surface area contributed by atoms with E-state index in [0.29, 0.717) is 13.1 Å². The van der Waals surface area contributed by atoms with Crippen molar-refractivity contribution >= 4 is 72.5 Å². The van der Waals surface area contributed by atoms with E-state index >= 15 is 0 Å². The third-order valence-electron chi connectivity index (χ3n) is 4.43. The average Bonchev–Trinajstić information content (AvgIpc) is 3.27. The average molecular weight is 535 g/mol. The zero-order valence-electron chi connectivity index (χ0n) is 14.9. The van der Waals surface area contributed by atoms with Gasteiger partial charge in [0.15, 0.2) is 5.78 Å². The van der Waals surface area contributed by atoms with E-state index in [9.17, 15) is 4.79 Å². The van der Waals surface area contributed by atoms with Gasteiger partial charge in [-0.25, -0.2) is 0 Å². The van der Waals surface area contributed by atoms with E-state index in [4.69, 9.17) is 0 Å². The topological polar surface area (TPSA) is 20.3 Å². The maximum Gasteiger partial charge on any atom is 0.187 e. The summed E-state index contributed by atoms with van der Waals surface area (Å²) in [5, 5.41) is 4.09. The number of hydrogen-bond acceptors (Lipinski definition) is 4. The molecule has 0 atom stereocenters. The Morgan fingerprint density at radius 1 is 0.893 bits per heavy atom. The summed E-state index contributed by atoms with van der Waals surface area (Å²) in [6, 6.07) is 14.5. The van der Waals surface area contributed by atoms with Crippen LogP contribution in [0.15, 0.2) is 73.3 Å². The Labute approximate surface area is 189 Å². The van der Waals surface area contributed by atoms with Crippen LogP contribution in [0.25, 0.3) is 12.2 Å². The molecule has 3 heterocycles. The molecule has 28 heavy (non-hydrogen) atoms. The zero-order chi connectivity index (χ0) is 19.5. The molecule has 2 nitrogen and oxygen atoms in total. The van der Waals surface area contributed by atoms with Crippen LogP contribution in [0.3, 0.4) is 0 Å². The number of carbonyl (C=O) groups is 1. The zero-order valence-corrected chi connectivity index (χ0v) is 19.7. The number of benzene rings is 1. The van der Waals surface area contributed by atoms with E-state index in [0.717, 1.165) is 36.4 Å². The summed E-state index contributed by atoms with van der Waals surface area (Å²) in [4.78, 5) is 17.7. The van der Waals surface area contributed by atoms with Gasteiger partial charge in [-0.05, 0) is 61.7 Å². The van der Waals surface area contributed by atoms with Gasteiger partial charge in [-0.1, -0.05) is 30.3 Å². The highest BCUT2D eigenvalue weighted by Gasteiger charge is 2.26. The number of rotatable bonds is 4. The minimum atomic E-state index is 0.151. The predicted molar refractivity (Wildman–Crippen MR) is 127 cm³/mol. The van der Waals surface area contributed by atoms with E-state index < -0.39 is 0 Å². The first-order valence-corrected chi connectivity index (χ1v) is 12.1. The van der Waals surface area contributed by atoms with Gasteiger partial charge in [-0.2, -0.15) is 0 Å². The molecule has 0 aliphatic carbocycles. The number of nitrogens with zero attached hydrogens (tertiary/aromatic N) is 1. The molecule has 1 saturated heterocycles. The summed E-state index contributed by atoms with van der Waals surface area (Å²) >= 11 is 10.3. The number of hydrogen-bond donors (Lipinski definition) is 0. The van der Waals surface area contributed by atoms with Crippen LogP contribution in [-0.2, 0) is 11.3 Å². The predicted octanol–water partition coefficient (Wildman–Crippen LogP) is 6.89. The summed E-state index contributed by atoms with van der Waals surface area (Å²) in [7, 11) is 0. The van der Waals surface area contributed by atoms with Crippen LogP contribution in [0.2, 0.25) is 0 Å². The minimum absolute atomic E-state index is 0.151. The first-order chi connectivity index (χ1) is 13.6. The number of thiophene rings is 2. The molecular formula is C22H17Br2NOS2. The Hall–Kier alpha value is -1.31. The molecule has 0 N–H and O–H groups in total. The number of ketones is 1. The van der Waals surface area contributed by atoms with Gasteiger partial charge in [-0.15, -0.1) is 22.7 Å². The van der Waals surface area contributed by atoms with Crippen LogP contribution in [0.5, 0.6) is 0 Å². The van der Waals surface area contributed by atoms with Crippen molar-refractivity contribution in [3.8, 4) is 0 Å². The minimum Gasteiger partial charge on any atom is -0.290 e. The van der Waals surface area contributed by atoms with Gasteiger partial charge >= 0.3 is 0 Å². The van der Waals surface area contributed by atoms with Gasteiger partial charge in [0.1, 0.15) is 0 Å². The van der Waals surface area contributed by atoms with Crippen LogP contribution in [0, 0.1) is 0 Å². The standard InChI is InChI=1S/C22H17Br2NOS2/c23-18-8-20(27-13-18)6-16-11-25(10-15-4-2-1-3-5-15)12-17(22(16)26)7-21-9-19(24)14-28-21/h1-9,13-14H,10-12H2. The highest BCUT2D eigenvalue weighted by molar-refractivity contribution is 9.10. The van der Waals surface area contributed by atoms with Crippen molar-refractivity contribution in [2.75, 3.05) is 13.1 Å². The lowest BCUT2D eigenvalue weighted by Gasteiger charge is -2.29. The van der Waals surface area contributed by atoms with Gasteiger partial charge in [0.2, 0.25) is 0 Å². The molecular weight excluding hydrogens is 518 g/mol. The lowest BCUT2D eigenvalue weighted by atomic mass is 9.96. The van der Waals surface area contributed by atoms with Crippen LogP contribution in [-0.4, -0.2) is 23.8 Å². The van der Waals surface area contributed by atoms with Crippen molar-refractivity contribution in [2.24, 2.45) is 0 Å². The first-order valence-electron chi connectivity index (χ1n) is 8.77. The highest BCUT2D eigenvalue weighted by atomic mass is 79.9. The number of piperidine rings is 1. The molecule has 1 aromatic carbocycles. The summed E-state index contributed by atoms with van der Waals surface area (Å²) in [6.07, 6.45) is 4.07. The monoisotopic (exact) mass is 533 g/mol. The lowest BCUT2D eigenvalue weighted by Crippen LogP contribution is -2.37. The molecule has 0 amide bonds. The largest absolute Gasteiger partial charge is 0.290 e. The van der Waals surface area contributed by atoms with Crippen molar-refractivity contribution in [3.63, 3.8) is 0 Å². The molecule has 6 heteroatoms. The molecule has 2 aromatic heterocycles. The third kappa shape index (κ3) is 4.99. The Morgan fingerprint density at radius 2 is 1.43 bits per heavy atom. The molecule has 1 aliphatic heterocycles. The lowest BCUT2D eigenvalue weighted by molar-refractivity contribution is -0.113. The van der Waals surface area contributed by atoms with Crippen molar-refractivity contribution in [2.45, 2.75) is 6.54 Å². The second-order valence-electron chi connectivity index (χ2n) is 6.63. The Balaban J connectivity index is 1.66. The summed E-state index contributed by atoms with van der Waals surface area (Å²) < 4.78 is 2.10. The number of halogens is 2. The molecule has 4 rings (SSSR count). The molecule has 0 saturated carbocycles. The molecule has 0 spiro atoms. The van der Waals surface area contributed by atoms with Gasteiger partial charge < -0.3 is 0 Å². The van der Waals surface area contributed by atoms with Crippen molar-refractivity contribution in [3.05, 3.63) is 88.6 Å². The molecule has 142 valence electrons. The van der Waals surface area contributed by atoms with Gasteiger partial charge in [0, 0.05) is 60.2 Å². The van der Waals surface area contributed by atoms with Crippen LogP contribution in [0.4, 0.5) is 0 Å². The molecule has 0 bridgehead atoms. The fourth-order valence-electron chi connectivity index (χ4n) is 3.21. The Morgan fingerprint density at radius 3 is 1.89 bits per heavy atom. The summed E-state index contributed by atoms with van der Waals surface area (Å²) in [5.74, 6) is 0.151. The maximum absolute atomic E-state index is 13.2. The molecule has 0 radical (unpaired) electrons. The van der Waals surface area contributed by atoms with E-state index in [-0.39, 0.29) is 5.78 Å². The van der Waals surface area contributed by atoms with E-state index in [1.54, 1.807) is 22.7 Å². The fourth-order valence-corrected chi connectivity index (χ4v) is 6.02. The summed E-state index contributed by atoms with van der Waals surface area (Å²) in [5.41, 5.74) is 2.95. The number of Topliss-reactive ketones (excluding diaryl/α,β-unsaturated/α-hetero) is 1. The van der Waals surface area contributed by atoms with Crippen molar-refractivity contribution in [1.29, 1.82) is 0 Å². The van der Waals surface area contributed by atoms with E-state index in [1.807, 2.05) is 29.0 Å². The number of likely N-dealkylation sites (tertiary alicyclic amines) is 1. The van der Waals surface area contributed by atoms with Gasteiger partial charge in [-0.3, -0.25) is 9.69 Å². The van der Waals surface area contributed by atoms with Gasteiger partial charge in [0.25, 0.3) is 0 Å². The quantitative estimate of drug-likeness (QED) is 0.340.